The van der Waals surface area contributed by atoms with Crippen molar-refractivity contribution in [3.05, 3.63) is 96.3 Å². The van der Waals surface area contributed by atoms with Gasteiger partial charge in [0.25, 0.3) is 0 Å². The summed E-state index contributed by atoms with van der Waals surface area (Å²) >= 11 is 0. The zero-order chi connectivity index (χ0) is 22.4. The smallest absolute Gasteiger partial charge is 0.338 e. The molecule has 0 spiro atoms. The third kappa shape index (κ3) is 5.70. The molecule has 5 heteroatoms. The number of furan rings is 1. The summed E-state index contributed by atoms with van der Waals surface area (Å²) in [6, 6.07) is 16.3. The molecule has 0 saturated carbocycles. The number of carbonyl (C=O) groups excluding carboxylic acids is 2. The van der Waals surface area contributed by atoms with Gasteiger partial charge in [-0.15, -0.1) is 0 Å². The van der Waals surface area contributed by atoms with Crippen molar-refractivity contribution in [1.82, 2.24) is 0 Å². The van der Waals surface area contributed by atoms with Crippen LogP contribution in [0.4, 0.5) is 0 Å². The van der Waals surface area contributed by atoms with E-state index in [2.05, 4.69) is 13.2 Å². The van der Waals surface area contributed by atoms with Crippen molar-refractivity contribution in [1.29, 1.82) is 0 Å². The highest BCUT2D eigenvalue weighted by Crippen LogP contribution is 2.28. The molecule has 1 heterocycles. The lowest BCUT2D eigenvalue weighted by molar-refractivity contribution is -0.130. The lowest BCUT2D eigenvalue weighted by atomic mass is 10.1. The Morgan fingerprint density at radius 2 is 1.71 bits per heavy atom. The van der Waals surface area contributed by atoms with Crippen LogP contribution >= 0.6 is 0 Å². The highest BCUT2D eigenvalue weighted by atomic mass is 16.5. The molecular weight excluding hydrogens is 392 g/mol. The van der Waals surface area contributed by atoms with E-state index in [1.54, 1.807) is 25.1 Å². The van der Waals surface area contributed by atoms with Crippen molar-refractivity contribution >= 4 is 24.1 Å². The van der Waals surface area contributed by atoms with E-state index in [0.717, 1.165) is 22.8 Å². The van der Waals surface area contributed by atoms with Crippen LogP contribution in [-0.2, 0) is 9.59 Å². The van der Waals surface area contributed by atoms with Crippen LogP contribution in [0.25, 0.3) is 23.5 Å². The lowest BCUT2D eigenvalue weighted by Gasteiger charge is -2.06. The molecule has 31 heavy (non-hydrogen) atoms. The van der Waals surface area contributed by atoms with Crippen molar-refractivity contribution in [3.8, 4) is 22.8 Å². The Labute approximate surface area is 180 Å². The van der Waals surface area contributed by atoms with Crippen LogP contribution in [0, 0.1) is 6.92 Å². The number of esters is 2. The molecule has 3 aromatic rings. The number of carbonyl (C=O) groups is 2. The standard InChI is InChI=1S/C26H22O5/c1-5-25(27)31-23-14-9-20(16-18(23)4)24-15-13-21(29-24)10-6-19-7-11-22(12-8-19)30-26(28)17(2)3/h5-16H,1-2H2,3-4H3/b10-6+. The van der Waals surface area contributed by atoms with Gasteiger partial charge in [-0.25, -0.2) is 9.59 Å². The summed E-state index contributed by atoms with van der Waals surface area (Å²) in [6.45, 7) is 10.4. The number of aryl methyl sites for hydroxylation is 1. The first kappa shape index (κ1) is 21.6. The van der Waals surface area contributed by atoms with E-state index < -0.39 is 11.9 Å². The van der Waals surface area contributed by atoms with Crippen molar-refractivity contribution in [2.45, 2.75) is 13.8 Å². The van der Waals surface area contributed by atoms with E-state index in [9.17, 15) is 9.59 Å². The van der Waals surface area contributed by atoms with Crippen molar-refractivity contribution in [3.63, 3.8) is 0 Å². The van der Waals surface area contributed by atoms with E-state index in [4.69, 9.17) is 13.9 Å². The summed E-state index contributed by atoms with van der Waals surface area (Å²) < 4.78 is 16.3. The van der Waals surface area contributed by atoms with E-state index in [-0.39, 0.29) is 0 Å². The minimum atomic E-state index is -0.497. The molecule has 0 aliphatic rings. The minimum Gasteiger partial charge on any atom is -0.457 e. The summed E-state index contributed by atoms with van der Waals surface area (Å²) in [6.07, 6.45) is 4.88. The molecule has 0 unspecified atom stereocenters. The average molecular weight is 414 g/mol. The highest BCUT2D eigenvalue weighted by Gasteiger charge is 2.09. The van der Waals surface area contributed by atoms with Crippen molar-refractivity contribution in [2.24, 2.45) is 0 Å². The molecule has 0 radical (unpaired) electrons. The highest BCUT2D eigenvalue weighted by molar-refractivity contribution is 5.88. The Morgan fingerprint density at radius 1 is 0.968 bits per heavy atom. The summed E-state index contributed by atoms with van der Waals surface area (Å²) in [4.78, 5) is 22.9. The van der Waals surface area contributed by atoms with Gasteiger partial charge in [0, 0.05) is 17.2 Å². The number of rotatable bonds is 7. The van der Waals surface area contributed by atoms with Crippen molar-refractivity contribution in [2.75, 3.05) is 0 Å². The van der Waals surface area contributed by atoms with Crippen LogP contribution < -0.4 is 9.47 Å². The molecule has 0 bridgehead atoms. The first-order valence-corrected chi connectivity index (χ1v) is 9.56. The fourth-order valence-corrected chi connectivity index (χ4v) is 2.68. The molecule has 1 aromatic heterocycles. The monoisotopic (exact) mass is 414 g/mol. The number of benzene rings is 2. The molecule has 0 aliphatic carbocycles. The lowest BCUT2D eigenvalue weighted by Crippen LogP contribution is -2.07. The van der Waals surface area contributed by atoms with Gasteiger partial charge in [0.1, 0.15) is 23.0 Å². The van der Waals surface area contributed by atoms with Gasteiger partial charge < -0.3 is 13.9 Å². The molecule has 2 aromatic carbocycles. The molecule has 5 nitrogen and oxygen atoms in total. The minimum absolute atomic E-state index is 0.347. The predicted octanol–water partition coefficient (Wildman–Crippen LogP) is 6.00. The third-order valence-electron chi connectivity index (χ3n) is 4.34. The molecule has 0 saturated heterocycles. The Hall–Kier alpha value is -4.12. The average Bonchev–Trinajstić information content (AvgIpc) is 3.23. The Kier molecular flexibility index (Phi) is 6.67. The van der Waals surface area contributed by atoms with Crippen LogP contribution in [0.2, 0.25) is 0 Å². The molecule has 3 rings (SSSR count). The fourth-order valence-electron chi connectivity index (χ4n) is 2.68. The van der Waals surface area contributed by atoms with E-state index in [1.807, 2.05) is 55.5 Å². The van der Waals surface area contributed by atoms with Crippen molar-refractivity contribution < 1.29 is 23.5 Å². The van der Waals surface area contributed by atoms with Gasteiger partial charge in [-0.3, -0.25) is 0 Å². The zero-order valence-corrected chi connectivity index (χ0v) is 17.4. The molecule has 0 N–H and O–H groups in total. The Morgan fingerprint density at radius 3 is 2.35 bits per heavy atom. The largest absolute Gasteiger partial charge is 0.457 e. The predicted molar refractivity (Wildman–Crippen MR) is 121 cm³/mol. The second-order valence-corrected chi connectivity index (χ2v) is 6.88. The van der Waals surface area contributed by atoms with E-state index in [1.165, 1.54) is 0 Å². The van der Waals surface area contributed by atoms with Crippen LogP contribution in [0.3, 0.4) is 0 Å². The van der Waals surface area contributed by atoms with Crippen LogP contribution in [0.15, 0.2) is 83.8 Å². The molecule has 0 aliphatic heterocycles. The molecule has 0 atom stereocenters. The second-order valence-electron chi connectivity index (χ2n) is 6.88. The number of hydrogen-bond acceptors (Lipinski definition) is 5. The van der Waals surface area contributed by atoms with Gasteiger partial charge in [-0.1, -0.05) is 31.4 Å². The Balaban J connectivity index is 1.68. The molecule has 156 valence electrons. The molecule has 0 fully saturated rings. The fraction of sp³-hybridized carbons (Fsp3) is 0.0769. The summed E-state index contributed by atoms with van der Waals surface area (Å²) in [5, 5.41) is 0. The van der Waals surface area contributed by atoms with Gasteiger partial charge in [-0.05, 0) is 73.5 Å². The number of ether oxygens (including phenoxy) is 2. The second kappa shape index (κ2) is 9.59. The van der Waals surface area contributed by atoms with Crippen LogP contribution in [-0.4, -0.2) is 11.9 Å². The summed E-state index contributed by atoms with van der Waals surface area (Å²) in [5.41, 5.74) is 2.96. The zero-order valence-electron chi connectivity index (χ0n) is 17.4. The van der Waals surface area contributed by atoms with Gasteiger partial charge in [0.05, 0.1) is 0 Å². The first-order chi connectivity index (χ1) is 14.9. The summed E-state index contributed by atoms with van der Waals surface area (Å²) in [5.74, 6) is 1.39. The summed E-state index contributed by atoms with van der Waals surface area (Å²) in [7, 11) is 0. The number of hydrogen-bond donors (Lipinski definition) is 0. The maximum atomic E-state index is 11.6. The van der Waals surface area contributed by atoms with Crippen LogP contribution in [0.5, 0.6) is 11.5 Å². The van der Waals surface area contributed by atoms with Crippen LogP contribution in [0.1, 0.15) is 23.8 Å². The third-order valence-corrected chi connectivity index (χ3v) is 4.34. The SMILES string of the molecule is C=CC(=O)Oc1ccc(-c2ccc(/C=C/c3ccc(OC(=O)C(=C)C)cc3)o2)cc1C. The van der Waals surface area contributed by atoms with Gasteiger partial charge in [0.15, 0.2) is 0 Å². The van der Waals surface area contributed by atoms with Gasteiger partial charge in [0.2, 0.25) is 0 Å². The maximum Gasteiger partial charge on any atom is 0.338 e. The quantitative estimate of drug-likeness (QED) is 0.270. The molecule has 0 amide bonds. The van der Waals surface area contributed by atoms with E-state index in [0.29, 0.717) is 28.6 Å². The topological polar surface area (TPSA) is 65.7 Å². The maximum absolute atomic E-state index is 11.6. The van der Waals surface area contributed by atoms with Gasteiger partial charge >= 0.3 is 11.9 Å². The molecular formula is C26H22O5. The Bertz CT molecular complexity index is 1160. The first-order valence-electron chi connectivity index (χ1n) is 9.56. The van der Waals surface area contributed by atoms with Gasteiger partial charge in [-0.2, -0.15) is 0 Å². The van der Waals surface area contributed by atoms with E-state index >= 15 is 0 Å². The normalized spacial score (nSPS) is 10.6.